The number of thioether (sulfide) groups is 1. The number of anilines is 1. The first-order chi connectivity index (χ1) is 8.84. The van der Waals surface area contributed by atoms with E-state index in [4.69, 9.17) is 17.3 Å². The molecule has 1 aromatic heterocycles. The highest BCUT2D eigenvalue weighted by Gasteiger charge is 2.35. The van der Waals surface area contributed by atoms with Crippen molar-refractivity contribution in [3.05, 3.63) is 17.3 Å². The molecule has 1 aromatic rings. The average Bonchev–Trinajstić information content (AvgIpc) is 2.35. The number of nitrogens with zero attached hydrogens (tertiary/aromatic N) is 2. The number of hydrogen-bond acceptors (Lipinski definition) is 5. The first-order valence-electron chi connectivity index (χ1n) is 5.88. The summed E-state index contributed by atoms with van der Waals surface area (Å²) in [5.74, 6) is 0.928. The third kappa shape index (κ3) is 2.84. The Morgan fingerprint density at radius 2 is 2.21 bits per heavy atom. The van der Waals surface area contributed by atoms with Gasteiger partial charge in [0.2, 0.25) is 10.0 Å². The fourth-order valence-electron chi connectivity index (χ4n) is 1.95. The number of pyridine rings is 1. The van der Waals surface area contributed by atoms with Gasteiger partial charge in [0, 0.05) is 29.8 Å². The number of hydrogen-bond donors (Lipinski definition) is 1. The molecule has 0 saturated carbocycles. The first kappa shape index (κ1) is 14.9. The molecule has 0 aromatic carbocycles. The molecule has 2 atom stereocenters. The Bertz CT molecular complexity index is 579. The van der Waals surface area contributed by atoms with Crippen LogP contribution in [0.3, 0.4) is 0 Å². The molecule has 0 amide bonds. The van der Waals surface area contributed by atoms with E-state index in [0.29, 0.717) is 6.54 Å². The summed E-state index contributed by atoms with van der Waals surface area (Å²) in [6, 6.07) is 1.30. The van der Waals surface area contributed by atoms with E-state index in [9.17, 15) is 8.42 Å². The second-order valence-electron chi connectivity index (χ2n) is 4.47. The molecule has 5 nitrogen and oxygen atoms in total. The van der Waals surface area contributed by atoms with Crippen LogP contribution >= 0.6 is 23.4 Å². The van der Waals surface area contributed by atoms with Crippen molar-refractivity contribution < 1.29 is 8.42 Å². The lowest BCUT2D eigenvalue weighted by Gasteiger charge is -2.36. The molecule has 0 bridgehead atoms. The second kappa shape index (κ2) is 5.47. The molecule has 0 aliphatic carbocycles. The van der Waals surface area contributed by atoms with Gasteiger partial charge in [0.1, 0.15) is 10.7 Å². The maximum atomic E-state index is 12.6. The average molecular weight is 322 g/mol. The highest BCUT2D eigenvalue weighted by molar-refractivity contribution is 8.00. The van der Waals surface area contributed by atoms with Gasteiger partial charge >= 0.3 is 0 Å². The summed E-state index contributed by atoms with van der Waals surface area (Å²) in [6.45, 7) is 4.45. The summed E-state index contributed by atoms with van der Waals surface area (Å²) in [5, 5.41) is 0.425. The standard InChI is InChI=1S/C11H16ClN3O2S2/c1-7-8(2)18-4-3-15(7)19(16,17)9-5-10(12)11(13)14-6-9/h5-8H,3-4H2,1-2H3,(H2,13,14). The minimum atomic E-state index is -3.57. The Morgan fingerprint density at radius 3 is 2.84 bits per heavy atom. The van der Waals surface area contributed by atoms with E-state index in [0.717, 1.165) is 5.75 Å². The Kier molecular flexibility index (Phi) is 4.29. The molecule has 8 heteroatoms. The molecule has 1 aliphatic heterocycles. The van der Waals surface area contributed by atoms with Gasteiger partial charge in [0.15, 0.2) is 0 Å². The van der Waals surface area contributed by atoms with Crippen LogP contribution in [-0.4, -0.2) is 41.3 Å². The van der Waals surface area contributed by atoms with Crippen molar-refractivity contribution >= 4 is 39.2 Å². The molecule has 2 heterocycles. The fraction of sp³-hybridized carbons (Fsp3) is 0.545. The van der Waals surface area contributed by atoms with Crippen molar-refractivity contribution in [3.63, 3.8) is 0 Å². The number of rotatable bonds is 2. The molecule has 1 fully saturated rings. The molecule has 2 N–H and O–H groups in total. The van der Waals surface area contributed by atoms with Gasteiger partial charge in [-0.1, -0.05) is 18.5 Å². The zero-order chi connectivity index (χ0) is 14.2. The lowest BCUT2D eigenvalue weighted by atomic mass is 10.2. The third-order valence-electron chi connectivity index (χ3n) is 3.28. The summed E-state index contributed by atoms with van der Waals surface area (Å²) < 4.78 is 26.7. The van der Waals surface area contributed by atoms with Crippen molar-refractivity contribution in [1.82, 2.24) is 9.29 Å². The smallest absolute Gasteiger partial charge is 0.244 e. The van der Waals surface area contributed by atoms with Gasteiger partial charge in [-0.25, -0.2) is 13.4 Å². The molecule has 19 heavy (non-hydrogen) atoms. The van der Waals surface area contributed by atoms with E-state index in [-0.39, 0.29) is 27.0 Å². The van der Waals surface area contributed by atoms with Gasteiger partial charge in [-0.2, -0.15) is 16.1 Å². The molecular formula is C11H16ClN3O2S2. The molecule has 1 aliphatic rings. The minimum Gasteiger partial charge on any atom is -0.382 e. The number of halogens is 1. The number of sulfonamides is 1. The zero-order valence-electron chi connectivity index (χ0n) is 10.7. The number of nitrogen functional groups attached to an aromatic ring is 1. The van der Waals surface area contributed by atoms with Crippen molar-refractivity contribution in [1.29, 1.82) is 0 Å². The van der Waals surface area contributed by atoms with Crippen molar-refractivity contribution in [3.8, 4) is 0 Å². The summed E-state index contributed by atoms with van der Waals surface area (Å²) >= 11 is 7.63. The largest absolute Gasteiger partial charge is 0.382 e. The van der Waals surface area contributed by atoms with E-state index in [1.54, 1.807) is 11.8 Å². The van der Waals surface area contributed by atoms with Crippen LogP contribution in [0.25, 0.3) is 0 Å². The van der Waals surface area contributed by atoms with Crippen LogP contribution in [0, 0.1) is 0 Å². The summed E-state index contributed by atoms with van der Waals surface area (Å²) in [6.07, 6.45) is 1.26. The lowest BCUT2D eigenvalue weighted by Crippen LogP contribution is -2.47. The predicted molar refractivity (Wildman–Crippen MR) is 78.9 cm³/mol. The summed E-state index contributed by atoms with van der Waals surface area (Å²) in [4.78, 5) is 3.91. The fourth-order valence-corrected chi connectivity index (χ4v) is 5.15. The Morgan fingerprint density at radius 1 is 1.53 bits per heavy atom. The monoisotopic (exact) mass is 321 g/mol. The molecule has 106 valence electrons. The first-order valence-corrected chi connectivity index (χ1v) is 8.75. The second-order valence-corrected chi connectivity index (χ2v) is 8.25. The maximum absolute atomic E-state index is 12.6. The minimum absolute atomic E-state index is 0.0555. The zero-order valence-corrected chi connectivity index (χ0v) is 13.1. The van der Waals surface area contributed by atoms with Gasteiger partial charge in [0.25, 0.3) is 0 Å². The molecular weight excluding hydrogens is 306 g/mol. The number of aromatic nitrogens is 1. The van der Waals surface area contributed by atoms with Gasteiger partial charge in [0.05, 0.1) is 5.02 Å². The van der Waals surface area contributed by atoms with Crippen LogP contribution in [0.1, 0.15) is 13.8 Å². The van der Waals surface area contributed by atoms with E-state index >= 15 is 0 Å². The maximum Gasteiger partial charge on any atom is 0.244 e. The van der Waals surface area contributed by atoms with Crippen LogP contribution in [0.5, 0.6) is 0 Å². The molecule has 2 unspecified atom stereocenters. The predicted octanol–water partition coefficient (Wildman–Crippen LogP) is 1.83. The van der Waals surface area contributed by atoms with Crippen LogP contribution in [0.2, 0.25) is 5.02 Å². The van der Waals surface area contributed by atoms with Gasteiger partial charge in [-0.3, -0.25) is 0 Å². The van der Waals surface area contributed by atoms with Gasteiger partial charge < -0.3 is 5.73 Å². The highest BCUT2D eigenvalue weighted by Crippen LogP contribution is 2.30. The van der Waals surface area contributed by atoms with Crippen molar-refractivity contribution in [2.45, 2.75) is 30.0 Å². The van der Waals surface area contributed by atoms with E-state index in [1.807, 2.05) is 13.8 Å². The summed E-state index contributed by atoms with van der Waals surface area (Å²) in [7, 11) is -3.57. The van der Waals surface area contributed by atoms with Gasteiger partial charge in [-0.05, 0) is 13.0 Å². The van der Waals surface area contributed by atoms with Crippen LogP contribution in [0.15, 0.2) is 17.2 Å². The lowest BCUT2D eigenvalue weighted by molar-refractivity contribution is 0.340. The SMILES string of the molecule is CC1SCCN(S(=O)(=O)c2cnc(N)c(Cl)c2)C1C. The van der Waals surface area contributed by atoms with Crippen LogP contribution in [0.4, 0.5) is 5.82 Å². The van der Waals surface area contributed by atoms with Crippen molar-refractivity contribution in [2.24, 2.45) is 0 Å². The third-order valence-corrected chi connectivity index (χ3v) is 6.87. The Balaban J connectivity index is 2.38. The highest BCUT2D eigenvalue weighted by atomic mass is 35.5. The van der Waals surface area contributed by atoms with E-state index in [2.05, 4.69) is 4.98 Å². The molecule has 0 radical (unpaired) electrons. The van der Waals surface area contributed by atoms with E-state index in [1.165, 1.54) is 16.6 Å². The number of nitrogens with two attached hydrogens (primary N) is 1. The van der Waals surface area contributed by atoms with E-state index < -0.39 is 10.0 Å². The quantitative estimate of drug-likeness (QED) is 0.899. The summed E-state index contributed by atoms with van der Waals surface area (Å²) in [5.41, 5.74) is 5.50. The van der Waals surface area contributed by atoms with Crippen molar-refractivity contribution in [2.75, 3.05) is 18.0 Å². The van der Waals surface area contributed by atoms with Crippen LogP contribution in [-0.2, 0) is 10.0 Å². The molecule has 2 rings (SSSR count). The normalized spacial score (nSPS) is 25.4. The molecule has 1 saturated heterocycles. The van der Waals surface area contributed by atoms with Crippen LogP contribution < -0.4 is 5.73 Å². The topological polar surface area (TPSA) is 76.3 Å². The molecule has 0 spiro atoms. The van der Waals surface area contributed by atoms with Gasteiger partial charge in [-0.15, -0.1) is 0 Å². The Hall–Kier alpha value is -0.500. The Labute approximate surface area is 122 Å².